The van der Waals surface area contributed by atoms with Crippen LogP contribution in [-0.4, -0.2) is 13.1 Å². The van der Waals surface area contributed by atoms with Gasteiger partial charge in [-0.1, -0.05) is 155 Å². The van der Waals surface area contributed by atoms with E-state index in [9.17, 15) is 5.21 Å². The van der Waals surface area contributed by atoms with Crippen LogP contribution in [0.5, 0.6) is 0 Å². The molecule has 0 aromatic heterocycles. The van der Waals surface area contributed by atoms with Crippen molar-refractivity contribution in [2.24, 2.45) is 5.92 Å². The maximum atomic E-state index is 12.0. The van der Waals surface area contributed by atoms with E-state index < -0.39 is 0 Å². The first-order valence-electron chi connectivity index (χ1n) is 15.3. The Morgan fingerprint density at radius 2 is 0.719 bits per heavy atom. The molecular weight excluding hydrogens is 390 g/mol. The fourth-order valence-electron chi connectivity index (χ4n) is 5.01. The highest BCUT2D eigenvalue weighted by molar-refractivity contribution is 4.60. The van der Waals surface area contributed by atoms with Gasteiger partial charge in [-0.3, -0.25) is 0 Å². The maximum absolute atomic E-state index is 12.0. The zero-order valence-corrected chi connectivity index (χ0v) is 22.9. The summed E-state index contributed by atoms with van der Waals surface area (Å²) >= 11 is 0. The molecule has 0 aromatic rings. The molecule has 0 amide bonds. The third kappa shape index (κ3) is 24.6. The second-order valence-corrected chi connectivity index (χ2v) is 10.6. The number of quaternary nitrogens is 1. The molecule has 2 heteroatoms. The van der Waals surface area contributed by atoms with E-state index in [-0.39, 0.29) is 0 Å². The molecule has 1 N–H and O–H groups in total. The molecular formula is C30H63NO. The summed E-state index contributed by atoms with van der Waals surface area (Å²) < 4.78 is 0. The van der Waals surface area contributed by atoms with E-state index in [2.05, 4.69) is 13.8 Å². The summed E-state index contributed by atoms with van der Waals surface area (Å²) in [5.74, 6) is 0.666. The first-order chi connectivity index (χ1) is 15.7. The van der Waals surface area contributed by atoms with Crippen LogP contribution < -0.4 is 5.06 Å². The largest absolute Gasteiger partial charge is 0.634 e. The van der Waals surface area contributed by atoms with Crippen molar-refractivity contribution < 1.29 is 5.06 Å². The van der Waals surface area contributed by atoms with Gasteiger partial charge in [0.15, 0.2) is 0 Å². The van der Waals surface area contributed by atoms with Crippen LogP contribution in [-0.2, 0) is 0 Å². The molecule has 0 rings (SSSR count). The average Bonchev–Trinajstić information content (AvgIpc) is 2.80. The molecule has 0 spiro atoms. The first-order valence-corrected chi connectivity index (χ1v) is 15.3. The molecule has 0 heterocycles. The standard InChI is InChI=1S/C30H63NO/c1-4-7-9-11-13-15-17-18-20-22-24-26-28-30(29-31(32)6-3)27-25-23-21-19-16-14-12-10-8-5-2/h30-31H,4-29H2,1-3H3. The van der Waals surface area contributed by atoms with Crippen LogP contribution >= 0.6 is 0 Å². The van der Waals surface area contributed by atoms with Crippen molar-refractivity contribution in [1.82, 2.24) is 0 Å². The maximum Gasteiger partial charge on any atom is 0.0796 e. The SMILES string of the molecule is CCCCCCCCCCCCCCC(CCCCCCCCCCCC)C[NH+]([O-])CC. The number of rotatable bonds is 27. The van der Waals surface area contributed by atoms with E-state index in [4.69, 9.17) is 0 Å². The number of nitrogens with one attached hydrogen (secondary N) is 1. The summed E-state index contributed by atoms with van der Waals surface area (Å²) in [4.78, 5) is 0. The normalized spacial score (nSPS) is 13.5. The predicted octanol–water partition coefficient (Wildman–Crippen LogP) is 9.41. The Bertz CT molecular complexity index is 333. The van der Waals surface area contributed by atoms with Crippen LogP contribution in [0.3, 0.4) is 0 Å². The third-order valence-corrected chi connectivity index (χ3v) is 7.34. The summed E-state index contributed by atoms with van der Waals surface area (Å²) in [6.07, 6.45) is 33.6. The van der Waals surface area contributed by atoms with E-state index in [0.717, 1.165) is 13.1 Å². The Morgan fingerprint density at radius 1 is 0.438 bits per heavy atom. The fourth-order valence-corrected chi connectivity index (χ4v) is 5.01. The van der Waals surface area contributed by atoms with Crippen LogP contribution in [0.4, 0.5) is 0 Å². The zero-order chi connectivity index (χ0) is 23.5. The molecule has 0 aliphatic rings. The summed E-state index contributed by atoms with van der Waals surface area (Å²) in [6.45, 7) is 8.20. The highest BCUT2D eigenvalue weighted by atomic mass is 16.5. The minimum absolute atomic E-state index is 0.487. The van der Waals surface area contributed by atoms with Gasteiger partial charge in [0, 0.05) is 5.92 Å². The van der Waals surface area contributed by atoms with E-state index in [1.54, 1.807) is 0 Å². The van der Waals surface area contributed by atoms with Crippen molar-refractivity contribution in [3.05, 3.63) is 5.21 Å². The molecule has 2 atom stereocenters. The predicted molar refractivity (Wildman–Crippen MR) is 145 cm³/mol. The van der Waals surface area contributed by atoms with Crippen LogP contribution in [0.2, 0.25) is 0 Å². The lowest BCUT2D eigenvalue weighted by atomic mass is 9.93. The van der Waals surface area contributed by atoms with Crippen molar-refractivity contribution in [3.63, 3.8) is 0 Å². The zero-order valence-electron chi connectivity index (χ0n) is 22.9. The number of hydroxylamine groups is 2. The monoisotopic (exact) mass is 453 g/mol. The Hall–Kier alpha value is -0.0800. The molecule has 2 nitrogen and oxygen atoms in total. The molecule has 0 saturated carbocycles. The average molecular weight is 454 g/mol. The molecule has 194 valence electrons. The molecule has 0 radical (unpaired) electrons. The molecule has 2 unspecified atom stereocenters. The Kier molecular flexibility index (Phi) is 27.1. The van der Waals surface area contributed by atoms with Crippen molar-refractivity contribution in [2.45, 2.75) is 175 Å². The fraction of sp³-hybridized carbons (Fsp3) is 1.00. The van der Waals surface area contributed by atoms with Crippen molar-refractivity contribution in [2.75, 3.05) is 13.1 Å². The van der Waals surface area contributed by atoms with Gasteiger partial charge in [0.25, 0.3) is 0 Å². The summed E-state index contributed by atoms with van der Waals surface area (Å²) in [7, 11) is 0. The summed E-state index contributed by atoms with van der Waals surface area (Å²) in [5, 5.41) is 12.5. The van der Waals surface area contributed by atoms with Gasteiger partial charge in [-0.25, -0.2) is 0 Å². The van der Waals surface area contributed by atoms with Crippen LogP contribution in [0, 0.1) is 11.1 Å². The first kappa shape index (κ1) is 31.9. The second kappa shape index (κ2) is 27.2. The minimum atomic E-state index is 0.487. The van der Waals surface area contributed by atoms with Crippen molar-refractivity contribution in [1.29, 1.82) is 0 Å². The van der Waals surface area contributed by atoms with Gasteiger partial charge in [-0.2, -0.15) is 0 Å². The molecule has 0 aromatic carbocycles. The third-order valence-electron chi connectivity index (χ3n) is 7.34. The van der Waals surface area contributed by atoms with Gasteiger partial charge < -0.3 is 10.3 Å². The molecule has 0 aliphatic carbocycles. The van der Waals surface area contributed by atoms with E-state index >= 15 is 0 Å². The molecule has 0 saturated heterocycles. The highest BCUT2D eigenvalue weighted by Gasteiger charge is 2.12. The van der Waals surface area contributed by atoms with Crippen molar-refractivity contribution in [3.8, 4) is 0 Å². The molecule has 0 aliphatic heterocycles. The highest BCUT2D eigenvalue weighted by Crippen LogP contribution is 2.19. The Balaban J connectivity index is 3.64. The second-order valence-electron chi connectivity index (χ2n) is 10.6. The lowest BCUT2D eigenvalue weighted by molar-refractivity contribution is -0.850. The topological polar surface area (TPSA) is 27.5 Å². The van der Waals surface area contributed by atoms with Crippen molar-refractivity contribution >= 4 is 0 Å². The Labute approximate surface area is 204 Å². The van der Waals surface area contributed by atoms with Gasteiger partial charge in [0.1, 0.15) is 0 Å². The van der Waals surface area contributed by atoms with Gasteiger partial charge in [-0.15, -0.1) is 0 Å². The molecule has 0 bridgehead atoms. The van der Waals surface area contributed by atoms with Gasteiger partial charge in [-0.05, 0) is 19.8 Å². The van der Waals surface area contributed by atoms with E-state index in [1.807, 2.05) is 6.92 Å². The number of hydrogen-bond donors (Lipinski definition) is 1. The number of hydrogen-bond acceptors (Lipinski definition) is 1. The molecule has 32 heavy (non-hydrogen) atoms. The van der Waals surface area contributed by atoms with E-state index in [0.29, 0.717) is 11.0 Å². The summed E-state index contributed by atoms with van der Waals surface area (Å²) in [6, 6.07) is 0. The van der Waals surface area contributed by atoms with Gasteiger partial charge in [0.2, 0.25) is 0 Å². The Morgan fingerprint density at radius 3 is 1.00 bits per heavy atom. The smallest absolute Gasteiger partial charge is 0.0796 e. The van der Waals surface area contributed by atoms with E-state index in [1.165, 1.54) is 154 Å². The lowest BCUT2D eigenvalue weighted by Crippen LogP contribution is -3.07. The van der Waals surface area contributed by atoms with Crippen LogP contribution in [0.1, 0.15) is 175 Å². The van der Waals surface area contributed by atoms with Crippen LogP contribution in [0.15, 0.2) is 0 Å². The lowest BCUT2D eigenvalue weighted by Gasteiger charge is -2.26. The van der Waals surface area contributed by atoms with Crippen LogP contribution in [0.25, 0.3) is 0 Å². The number of unbranched alkanes of at least 4 members (excludes halogenated alkanes) is 20. The summed E-state index contributed by atoms with van der Waals surface area (Å²) in [5.41, 5.74) is 0. The molecule has 0 fully saturated rings. The minimum Gasteiger partial charge on any atom is -0.634 e. The van der Waals surface area contributed by atoms with Gasteiger partial charge >= 0.3 is 0 Å². The quantitative estimate of drug-likeness (QED) is 0.0973. The van der Waals surface area contributed by atoms with Gasteiger partial charge in [0.05, 0.1) is 13.1 Å².